The highest BCUT2D eigenvalue weighted by molar-refractivity contribution is 7.18. The van der Waals surface area contributed by atoms with Crippen LogP contribution < -0.4 is 5.73 Å². The number of aromatic nitrogens is 3. The fourth-order valence-electron chi connectivity index (χ4n) is 2.45. The van der Waals surface area contributed by atoms with Gasteiger partial charge >= 0.3 is 0 Å². The van der Waals surface area contributed by atoms with Crippen LogP contribution in [0, 0.1) is 6.92 Å². The van der Waals surface area contributed by atoms with Crippen LogP contribution in [0.2, 0.25) is 0 Å². The molecule has 1 aliphatic heterocycles. The van der Waals surface area contributed by atoms with Crippen LogP contribution in [0.4, 0.5) is 5.13 Å². The van der Waals surface area contributed by atoms with Crippen LogP contribution in [0.3, 0.4) is 0 Å². The number of nitrogens with two attached hydrogens (primary N) is 1. The third-order valence-electron chi connectivity index (χ3n) is 3.43. The lowest BCUT2D eigenvalue weighted by atomic mass is 10.2. The lowest BCUT2D eigenvalue weighted by Gasteiger charge is -2.30. The Morgan fingerprint density at radius 3 is 3.00 bits per heavy atom. The van der Waals surface area contributed by atoms with Gasteiger partial charge in [0.15, 0.2) is 5.13 Å². The summed E-state index contributed by atoms with van der Waals surface area (Å²) in [5.74, 6) is 1.06. The molecule has 1 saturated heterocycles. The Morgan fingerprint density at radius 1 is 1.43 bits per heavy atom. The van der Waals surface area contributed by atoms with Crippen LogP contribution >= 0.6 is 11.3 Å². The maximum Gasteiger partial charge on any atom is 0.270 e. The fraction of sp³-hybridized carbons (Fsp3) is 0.615. The van der Waals surface area contributed by atoms with Crippen molar-refractivity contribution in [2.45, 2.75) is 26.4 Å². The number of morpholine rings is 1. The molecule has 1 unspecified atom stereocenters. The highest BCUT2D eigenvalue weighted by Crippen LogP contribution is 2.31. The summed E-state index contributed by atoms with van der Waals surface area (Å²) >= 11 is 1.36. The monoisotopic (exact) mass is 309 g/mol. The molecule has 1 fully saturated rings. The smallest absolute Gasteiger partial charge is 0.270 e. The van der Waals surface area contributed by atoms with Gasteiger partial charge in [-0.25, -0.2) is 4.98 Å². The van der Waals surface area contributed by atoms with E-state index in [-0.39, 0.29) is 6.10 Å². The molecule has 0 saturated carbocycles. The van der Waals surface area contributed by atoms with E-state index in [0.29, 0.717) is 23.5 Å². The van der Waals surface area contributed by atoms with Gasteiger partial charge < -0.3 is 15.0 Å². The van der Waals surface area contributed by atoms with Crippen LogP contribution in [-0.2, 0) is 4.74 Å². The summed E-state index contributed by atoms with van der Waals surface area (Å²) in [6.07, 6.45) is 0.997. The highest BCUT2D eigenvalue weighted by atomic mass is 32.1. The van der Waals surface area contributed by atoms with Crippen molar-refractivity contribution in [2.75, 3.05) is 32.0 Å². The molecule has 3 rings (SSSR count). The number of anilines is 1. The van der Waals surface area contributed by atoms with Crippen molar-refractivity contribution >= 4 is 16.5 Å². The van der Waals surface area contributed by atoms with E-state index in [0.717, 1.165) is 36.6 Å². The third kappa shape index (κ3) is 3.07. The number of hydrogen-bond acceptors (Lipinski definition) is 8. The van der Waals surface area contributed by atoms with Crippen molar-refractivity contribution in [3.63, 3.8) is 0 Å². The van der Waals surface area contributed by atoms with Gasteiger partial charge in [-0.1, -0.05) is 23.4 Å². The Kier molecular flexibility index (Phi) is 4.18. The van der Waals surface area contributed by atoms with Gasteiger partial charge in [0.1, 0.15) is 11.0 Å². The van der Waals surface area contributed by atoms with E-state index in [1.54, 1.807) is 0 Å². The zero-order valence-corrected chi connectivity index (χ0v) is 13.0. The molecule has 0 spiro atoms. The van der Waals surface area contributed by atoms with Crippen LogP contribution in [0.25, 0.3) is 10.8 Å². The molecule has 114 valence electrons. The van der Waals surface area contributed by atoms with Crippen molar-refractivity contribution in [2.24, 2.45) is 0 Å². The molecule has 8 heteroatoms. The minimum Gasteiger partial charge on any atom is -0.375 e. The Labute approximate surface area is 127 Å². The zero-order valence-electron chi connectivity index (χ0n) is 12.2. The number of thiazole rings is 1. The predicted molar refractivity (Wildman–Crippen MR) is 80.0 cm³/mol. The van der Waals surface area contributed by atoms with Crippen LogP contribution in [-0.4, -0.2) is 46.3 Å². The molecule has 2 aromatic heterocycles. The maximum atomic E-state index is 5.76. The lowest BCUT2D eigenvalue weighted by Crippen LogP contribution is -2.39. The SMILES string of the molecule is CCCN1CCOC(c2noc(-c3sc(N)nc3C)n2)C1. The van der Waals surface area contributed by atoms with Gasteiger partial charge in [-0.2, -0.15) is 4.98 Å². The van der Waals surface area contributed by atoms with Crippen molar-refractivity contribution in [1.29, 1.82) is 0 Å². The topological polar surface area (TPSA) is 90.3 Å². The minimum atomic E-state index is -0.131. The molecule has 2 N–H and O–H groups in total. The van der Waals surface area contributed by atoms with Gasteiger partial charge in [-0.15, -0.1) is 0 Å². The molecule has 0 bridgehead atoms. The van der Waals surface area contributed by atoms with Crippen LogP contribution in [0.1, 0.15) is 31.0 Å². The molecule has 1 atom stereocenters. The summed E-state index contributed by atoms with van der Waals surface area (Å²) in [5, 5.41) is 4.57. The third-order valence-corrected chi connectivity index (χ3v) is 4.40. The Hall–Kier alpha value is -1.51. The molecule has 7 nitrogen and oxygen atoms in total. The van der Waals surface area contributed by atoms with E-state index in [1.165, 1.54) is 11.3 Å². The normalized spacial score (nSPS) is 20.0. The van der Waals surface area contributed by atoms with Gasteiger partial charge in [0, 0.05) is 13.1 Å². The van der Waals surface area contributed by atoms with Gasteiger partial charge in [0.25, 0.3) is 5.89 Å². The van der Waals surface area contributed by atoms with Gasteiger partial charge in [0.05, 0.1) is 12.3 Å². The molecular weight excluding hydrogens is 290 g/mol. The average Bonchev–Trinajstić information content (AvgIpc) is 3.06. The number of rotatable bonds is 4. The largest absolute Gasteiger partial charge is 0.375 e. The Bertz CT molecular complexity index is 609. The fourth-order valence-corrected chi connectivity index (χ4v) is 3.21. The number of ether oxygens (including phenoxy) is 1. The summed E-state index contributed by atoms with van der Waals surface area (Å²) in [7, 11) is 0. The maximum absolute atomic E-state index is 5.76. The van der Waals surface area contributed by atoms with Crippen molar-refractivity contribution in [3.8, 4) is 10.8 Å². The van der Waals surface area contributed by atoms with Crippen molar-refractivity contribution in [1.82, 2.24) is 20.0 Å². The molecule has 1 aliphatic rings. The second kappa shape index (κ2) is 6.08. The first-order chi connectivity index (χ1) is 10.2. The van der Waals surface area contributed by atoms with E-state index in [9.17, 15) is 0 Å². The molecule has 3 heterocycles. The van der Waals surface area contributed by atoms with Gasteiger partial charge in [0.2, 0.25) is 5.82 Å². The first-order valence-electron chi connectivity index (χ1n) is 7.08. The minimum absolute atomic E-state index is 0.131. The molecule has 21 heavy (non-hydrogen) atoms. The average molecular weight is 309 g/mol. The Morgan fingerprint density at radius 2 is 2.29 bits per heavy atom. The van der Waals surface area contributed by atoms with E-state index in [4.69, 9.17) is 15.0 Å². The van der Waals surface area contributed by atoms with Crippen LogP contribution in [0.15, 0.2) is 4.52 Å². The first-order valence-corrected chi connectivity index (χ1v) is 7.90. The van der Waals surface area contributed by atoms with E-state index in [1.807, 2.05) is 6.92 Å². The molecule has 2 aromatic rings. The second-order valence-corrected chi connectivity index (χ2v) is 6.12. The van der Waals surface area contributed by atoms with E-state index in [2.05, 4.69) is 26.9 Å². The molecule has 0 amide bonds. The van der Waals surface area contributed by atoms with E-state index < -0.39 is 0 Å². The number of nitrogens with zero attached hydrogens (tertiary/aromatic N) is 4. The second-order valence-electron chi connectivity index (χ2n) is 5.08. The molecule has 0 aliphatic carbocycles. The van der Waals surface area contributed by atoms with Gasteiger partial charge in [-0.05, 0) is 19.9 Å². The van der Waals surface area contributed by atoms with Crippen molar-refractivity contribution < 1.29 is 9.26 Å². The summed E-state index contributed by atoms with van der Waals surface area (Å²) in [5.41, 5.74) is 6.51. The molecule has 0 aromatic carbocycles. The quantitative estimate of drug-likeness (QED) is 0.921. The van der Waals surface area contributed by atoms with Crippen LogP contribution in [0.5, 0.6) is 0 Å². The molecular formula is C13H19N5O2S. The number of hydrogen-bond donors (Lipinski definition) is 1. The molecule has 0 radical (unpaired) electrons. The lowest BCUT2D eigenvalue weighted by molar-refractivity contribution is -0.0350. The number of nitrogen functional groups attached to an aromatic ring is 1. The Balaban J connectivity index is 1.77. The highest BCUT2D eigenvalue weighted by Gasteiger charge is 2.26. The van der Waals surface area contributed by atoms with Gasteiger partial charge in [-0.3, -0.25) is 4.90 Å². The number of aryl methyl sites for hydroxylation is 1. The summed E-state index contributed by atoms with van der Waals surface area (Å²) < 4.78 is 11.1. The summed E-state index contributed by atoms with van der Waals surface area (Å²) in [6, 6.07) is 0. The zero-order chi connectivity index (χ0) is 14.8. The summed E-state index contributed by atoms with van der Waals surface area (Å²) in [4.78, 5) is 11.8. The van der Waals surface area contributed by atoms with Crippen molar-refractivity contribution in [3.05, 3.63) is 11.5 Å². The summed E-state index contributed by atoms with van der Waals surface area (Å²) in [6.45, 7) is 7.58. The first kappa shape index (κ1) is 14.4. The van der Waals surface area contributed by atoms with E-state index >= 15 is 0 Å². The standard InChI is InChI=1S/C13H19N5O2S/c1-3-4-18-5-6-19-9(7-18)11-16-12(20-17-11)10-8(2)15-13(14)21-10/h9H,3-7H2,1-2H3,(H2,14,15). The predicted octanol–water partition coefficient (Wildman–Crippen LogP) is 1.87.